The van der Waals surface area contributed by atoms with Gasteiger partial charge in [-0.15, -0.1) is 5.10 Å². The summed E-state index contributed by atoms with van der Waals surface area (Å²) in [5.41, 5.74) is 3.47. The zero-order chi connectivity index (χ0) is 32.7. The van der Waals surface area contributed by atoms with E-state index in [9.17, 15) is 4.79 Å². The van der Waals surface area contributed by atoms with Gasteiger partial charge in [0.1, 0.15) is 17.1 Å². The molecule has 3 aromatic carbocycles. The van der Waals surface area contributed by atoms with Crippen LogP contribution in [0.15, 0.2) is 109 Å². The maximum absolute atomic E-state index is 15.0. The molecule has 3 aliphatic rings. The van der Waals surface area contributed by atoms with Gasteiger partial charge in [0.25, 0.3) is 0 Å². The Balaban J connectivity index is 1.32. The summed E-state index contributed by atoms with van der Waals surface area (Å²) in [7, 11) is 1.47. The van der Waals surface area contributed by atoms with Gasteiger partial charge in [-0.05, 0) is 72.6 Å². The maximum atomic E-state index is 15.0. The molecule has 3 fully saturated rings. The summed E-state index contributed by atoms with van der Waals surface area (Å²) >= 11 is 0. The van der Waals surface area contributed by atoms with E-state index in [1.807, 2.05) is 59.3 Å². The van der Waals surface area contributed by atoms with Crippen molar-refractivity contribution in [2.45, 2.75) is 37.6 Å². The molecule has 9 heteroatoms. The Labute approximate surface area is 278 Å². The molecule has 3 saturated carbocycles. The molecule has 240 valence electrons. The Bertz CT molecular complexity index is 1970. The predicted molar refractivity (Wildman–Crippen MR) is 179 cm³/mol. The van der Waals surface area contributed by atoms with Crippen LogP contribution < -0.4 is 0 Å². The second-order valence-corrected chi connectivity index (χ2v) is 13.0. The highest BCUT2D eigenvalue weighted by Crippen LogP contribution is 2.50. The Morgan fingerprint density at radius 1 is 0.854 bits per heavy atom. The number of aromatic nitrogens is 6. The highest BCUT2D eigenvalue weighted by molar-refractivity contribution is 5.90. The van der Waals surface area contributed by atoms with Crippen LogP contribution in [0.25, 0.3) is 22.6 Å². The van der Waals surface area contributed by atoms with Gasteiger partial charge < -0.3 is 4.74 Å². The molecular weight excluding hydrogens is 603 g/mol. The Hall–Kier alpha value is -5.31. The number of hydrogen-bond donors (Lipinski definition) is 0. The van der Waals surface area contributed by atoms with Crippen molar-refractivity contribution in [1.82, 2.24) is 29.9 Å². The zero-order valence-corrected chi connectivity index (χ0v) is 26.6. The fourth-order valence-corrected chi connectivity index (χ4v) is 8.43. The van der Waals surface area contributed by atoms with Crippen molar-refractivity contribution >= 4 is 17.0 Å². The highest BCUT2D eigenvalue weighted by Gasteiger charge is 2.48. The summed E-state index contributed by atoms with van der Waals surface area (Å²) < 4.78 is 22.2. The largest absolute Gasteiger partial charge is 0.469 e. The molecule has 3 heterocycles. The number of ether oxygens (including phenoxy) is 1. The first-order valence-corrected chi connectivity index (χ1v) is 16.6. The highest BCUT2D eigenvalue weighted by atomic mass is 19.1. The molecule has 8 nitrogen and oxygen atoms in total. The van der Waals surface area contributed by atoms with E-state index < -0.39 is 11.4 Å². The lowest BCUT2D eigenvalue weighted by Gasteiger charge is -2.47. The molecule has 2 atom stereocenters. The van der Waals surface area contributed by atoms with Crippen molar-refractivity contribution < 1.29 is 13.9 Å². The summed E-state index contributed by atoms with van der Waals surface area (Å²) in [4.78, 5) is 22.6. The van der Waals surface area contributed by atoms with Crippen LogP contribution in [0.2, 0.25) is 0 Å². The van der Waals surface area contributed by atoms with Gasteiger partial charge in [0.2, 0.25) is 5.82 Å². The second kappa shape index (κ2) is 12.4. The molecule has 9 rings (SSSR count). The number of carbonyl (C=O) groups excluding carboxylic acids is 1. The van der Waals surface area contributed by atoms with Crippen molar-refractivity contribution in [2.24, 2.45) is 23.7 Å². The van der Waals surface area contributed by atoms with Gasteiger partial charge in [-0.2, -0.15) is 10.2 Å². The normalized spacial score (nSPS) is 20.5. The van der Waals surface area contributed by atoms with Gasteiger partial charge in [0, 0.05) is 0 Å². The van der Waals surface area contributed by atoms with Crippen molar-refractivity contribution in [3.63, 3.8) is 0 Å². The van der Waals surface area contributed by atoms with Crippen LogP contribution in [0.5, 0.6) is 0 Å². The lowest BCUT2D eigenvalue weighted by atomic mass is 9.57. The standard InChI is InChI=1S/C39H35FN6O2/c1-48-38(47)34-26-19-17-25(18-20-26)32(34)22-31-24-42-44-36(43-31)35-33-21-30(40)23-41-37(33)46(45-35)39(27-11-5-2-6-12-27,28-13-7-3-8-14-28)29-15-9-4-10-16-29/h2-16,21,23-26,32,34H,17-20,22H2,1H3/t25?,26?,32-,34-/m1/s1. The number of methoxy groups -OCH3 is 1. The second-order valence-electron chi connectivity index (χ2n) is 13.0. The van der Waals surface area contributed by atoms with E-state index in [1.54, 1.807) is 6.20 Å². The molecule has 0 aliphatic heterocycles. The Morgan fingerprint density at radius 3 is 2.02 bits per heavy atom. The van der Waals surface area contributed by atoms with E-state index in [0.717, 1.165) is 48.1 Å². The first-order valence-electron chi connectivity index (χ1n) is 16.6. The van der Waals surface area contributed by atoms with Crippen molar-refractivity contribution in [3.05, 3.63) is 138 Å². The van der Waals surface area contributed by atoms with Crippen LogP contribution in [0.4, 0.5) is 4.39 Å². The zero-order valence-electron chi connectivity index (χ0n) is 26.6. The van der Waals surface area contributed by atoms with Gasteiger partial charge in [-0.25, -0.2) is 19.0 Å². The molecule has 0 saturated heterocycles. The topological polar surface area (TPSA) is 95.7 Å². The van der Waals surface area contributed by atoms with Crippen molar-refractivity contribution in [2.75, 3.05) is 7.11 Å². The molecule has 0 N–H and O–H groups in total. The fraction of sp³-hybridized carbons (Fsp3) is 0.282. The first kappa shape index (κ1) is 30.1. The number of pyridine rings is 1. The summed E-state index contributed by atoms with van der Waals surface area (Å²) in [6.07, 6.45) is 7.79. The summed E-state index contributed by atoms with van der Waals surface area (Å²) in [6, 6.07) is 31.9. The SMILES string of the molecule is COC(=O)[C@@H]1C2CCC(CC2)[C@H]1Cc1cnnc(-c2nn(C(c3ccccc3)(c3ccccc3)c3ccccc3)c3ncc(F)cc23)n1. The molecule has 0 radical (unpaired) electrons. The average Bonchev–Trinajstić information content (AvgIpc) is 3.52. The quantitative estimate of drug-likeness (QED) is 0.130. The Morgan fingerprint density at radius 2 is 1.44 bits per heavy atom. The van der Waals surface area contributed by atoms with Crippen LogP contribution in [-0.4, -0.2) is 43.0 Å². The van der Waals surface area contributed by atoms with Gasteiger partial charge in [0.05, 0.1) is 36.5 Å². The number of esters is 1. The number of carbonyl (C=O) groups is 1. The number of nitrogens with zero attached hydrogens (tertiary/aromatic N) is 6. The molecule has 3 aliphatic carbocycles. The number of halogens is 1. The molecule has 0 amide bonds. The minimum absolute atomic E-state index is 0.116. The monoisotopic (exact) mass is 638 g/mol. The number of rotatable bonds is 8. The van der Waals surface area contributed by atoms with Crippen LogP contribution in [-0.2, 0) is 21.5 Å². The Kier molecular flexibility index (Phi) is 7.75. The minimum Gasteiger partial charge on any atom is -0.469 e. The van der Waals surface area contributed by atoms with Gasteiger partial charge in [0.15, 0.2) is 5.65 Å². The molecular formula is C39H35FN6O2. The smallest absolute Gasteiger partial charge is 0.309 e. The lowest BCUT2D eigenvalue weighted by molar-refractivity contribution is -0.156. The van der Waals surface area contributed by atoms with E-state index in [4.69, 9.17) is 14.8 Å². The van der Waals surface area contributed by atoms with E-state index in [-0.39, 0.29) is 23.6 Å². The van der Waals surface area contributed by atoms with Gasteiger partial charge in [-0.3, -0.25) is 4.79 Å². The van der Waals surface area contributed by atoms with Crippen LogP contribution in [0, 0.1) is 29.5 Å². The molecule has 2 bridgehead atoms. The fourth-order valence-electron chi connectivity index (χ4n) is 8.43. The number of fused-ring (bicyclic) bond motifs is 4. The summed E-state index contributed by atoms with van der Waals surface area (Å²) in [5, 5.41) is 14.5. The average molecular weight is 639 g/mol. The molecule has 0 spiro atoms. The third-order valence-corrected chi connectivity index (χ3v) is 10.5. The van der Waals surface area contributed by atoms with Crippen LogP contribution in [0.1, 0.15) is 48.1 Å². The first-order chi connectivity index (χ1) is 23.6. The molecule has 48 heavy (non-hydrogen) atoms. The van der Waals surface area contributed by atoms with Gasteiger partial charge in [-0.1, -0.05) is 91.0 Å². The van der Waals surface area contributed by atoms with Crippen LogP contribution >= 0.6 is 0 Å². The van der Waals surface area contributed by atoms with Crippen LogP contribution in [0.3, 0.4) is 0 Å². The van der Waals surface area contributed by atoms with Gasteiger partial charge >= 0.3 is 5.97 Å². The minimum atomic E-state index is -0.981. The summed E-state index contributed by atoms with van der Waals surface area (Å²) in [5.74, 6) is 0.379. The lowest BCUT2D eigenvalue weighted by Crippen LogP contribution is -2.45. The molecule has 6 aromatic rings. The maximum Gasteiger partial charge on any atom is 0.309 e. The van der Waals surface area contributed by atoms with E-state index >= 15 is 4.39 Å². The van der Waals surface area contributed by atoms with E-state index in [2.05, 4.69) is 51.6 Å². The summed E-state index contributed by atoms with van der Waals surface area (Å²) in [6.45, 7) is 0. The molecule has 0 unspecified atom stereocenters. The van der Waals surface area contributed by atoms with E-state index in [1.165, 1.54) is 19.4 Å². The number of hydrogen-bond acceptors (Lipinski definition) is 7. The number of benzene rings is 3. The van der Waals surface area contributed by atoms with Crippen molar-refractivity contribution in [1.29, 1.82) is 0 Å². The third kappa shape index (κ3) is 4.96. The van der Waals surface area contributed by atoms with Crippen molar-refractivity contribution in [3.8, 4) is 11.5 Å². The predicted octanol–water partition coefficient (Wildman–Crippen LogP) is 7.03. The van der Waals surface area contributed by atoms with E-state index in [0.29, 0.717) is 35.0 Å². The third-order valence-electron chi connectivity index (χ3n) is 10.5. The molecule has 3 aromatic heterocycles.